The average Bonchev–Trinajstić information content (AvgIpc) is 3.01. The summed E-state index contributed by atoms with van der Waals surface area (Å²) in [5, 5.41) is 32.5. The van der Waals surface area contributed by atoms with Crippen LogP contribution in [0.25, 0.3) is 0 Å². The molecule has 1 unspecified atom stereocenters. The Kier molecular flexibility index (Phi) is 31.0. The standard InChI is InChI=1S/C38H65NO4/c1-3-5-7-8-9-10-11-12-16-19-22-25-28-32-37(42)36(34-40)39-38(43)33-29-26-23-20-17-14-13-15-18-21-24-27-31-35(41)30-6-4-2/h6,13-14,18,20-21,23-24,27-28,30,32,35-37,40-42H,3-5,7-12,15-17,19,22,25-26,29,31,33-34H2,1-2H3,(H,39,43)/b14-13-,21-18-,23-20-,27-24+,30-6-,32-28+/t35?,36-,37+/m0/s1. The summed E-state index contributed by atoms with van der Waals surface area (Å²) < 4.78 is 0. The molecule has 43 heavy (non-hydrogen) atoms. The van der Waals surface area contributed by atoms with E-state index in [4.69, 9.17) is 0 Å². The summed E-state index contributed by atoms with van der Waals surface area (Å²) in [6.07, 6.45) is 43.2. The number of amides is 1. The molecule has 0 saturated heterocycles. The lowest BCUT2D eigenvalue weighted by Gasteiger charge is -2.19. The molecule has 0 aromatic carbocycles. The summed E-state index contributed by atoms with van der Waals surface area (Å²) in [5.41, 5.74) is 0. The van der Waals surface area contributed by atoms with Gasteiger partial charge < -0.3 is 20.6 Å². The molecule has 0 rings (SSSR count). The van der Waals surface area contributed by atoms with E-state index < -0.39 is 18.2 Å². The number of aliphatic hydroxyl groups excluding tert-OH is 3. The molecule has 4 N–H and O–H groups in total. The van der Waals surface area contributed by atoms with Crippen molar-refractivity contribution in [3.05, 3.63) is 72.9 Å². The molecule has 0 aromatic rings. The number of carbonyl (C=O) groups excluding carboxylic acids is 1. The van der Waals surface area contributed by atoms with Crippen LogP contribution < -0.4 is 5.32 Å². The molecule has 246 valence electrons. The summed E-state index contributed by atoms with van der Waals surface area (Å²) >= 11 is 0. The van der Waals surface area contributed by atoms with Crippen molar-refractivity contribution >= 4 is 5.91 Å². The predicted octanol–water partition coefficient (Wildman–Crippen LogP) is 8.97. The minimum Gasteiger partial charge on any atom is -0.394 e. The third-order valence-electron chi connectivity index (χ3n) is 7.27. The van der Waals surface area contributed by atoms with Crippen LogP contribution in [0, 0.1) is 0 Å². The van der Waals surface area contributed by atoms with Crippen LogP contribution in [0.1, 0.15) is 136 Å². The minimum atomic E-state index is -0.875. The third-order valence-corrected chi connectivity index (χ3v) is 7.27. The molecule has 0 fully saturated rings. The number of aliphatic hydroxyl groups is 3. The first-order valence-electron chi connectivity index (χ1n) is 17.3. The number of carbonyl (C=O) groups is 1. The molecule has 0 radical (unpaired) electrons. The van der Waals surface area contributed by atoms with Crippen LogP contribution in [0.2, 0.25) is 0 Å². The lowest BCUT2D eigenvalue weighted by molar-refractivity contribution is -0.122. The fourth-order valence-corrected chi connectivity index (χ4v) is 4.58. The van der Waals surface area contributed by atoms with Crippen LogP contribution in [0.15, 0.2) is 72.9 Å². The lowest BCUT2D eigenvalue weighted by atomic mass is 10.0. The van der Waals surface area contributed by atoms with Crippen LogP contribution in [0.4, 0.5) is 0 Å². The maximum absolute atomic E-state index is 12.3. The van der Waals surface area contributed by atoms with Gasteiger partial charge in [0.2, 0.25) is 5.91 Å². The highest BCUT2D eigenvalue weighted by Gasteiger charge is 2.17. The number of allylic oxidation sites excluding steroid dienone is 9. The van der Waals surface area contributed by atoms with E-state index in [0.717, 1.165) is 44.9 Å². The zero-order chi connectivity index (χ0) is 31.6. The normalized spacial score (nSPS) is 14.8. The third kappa shape index (κ3) is 29.6. The van der Waals surface area contributed by atoms with Gasteiger partial charge in [-0.05, 0) is 51.4 Å². The van der Waals surface area contributed by atoms with Crippen molar-refractivity contribution < 1.29 is 20.1 Å². The number of unbranched alkanes of at least 4 members (excludes halogenated alkanes) is 12. The highest BCUT2D eigenvalue weighted by Crippen LogP contribution is 2.12. The zero-order valence-electron chi connectivity index (χ0n) is 27.6. The summed E-state index contributed by atoms with van der Waals surface area (Å²) in [7, 11) is 0. The van der Waals surface area contributed by atoms with Gasteiger partial charge in [0.05, 0.1) is 24.9 Å². The van der Waals surface area contributed by atoms with E-state index in [-0.39, 0.29) is 12.5 Å². The van der Waals surface area contributed by atoms with Gasteiger partial charge in [0, 0.05) is 6.42 Å². The van der Waals surface area contributed by atoms with Gasteiger partial charge in [0.25, 0.3) is 0 Å². The second-order valence-electron chi connectivity index (χ2n) is 11.4. The van der Waals surface area contributed by atoms with Crippen molar-refractivity contribution in [2.75, 3.05) is 6.61 Å². The van der Waals surface area contributed by atoms with Crippen LogP contribution in [-0.2, 0) is 4.79 Å². The van der Waals surface area contributed by atoms with E-state index in [1.165, 1.54) is 64.2 Å². The van der Waals surface area contributed by atoms with Crippen LogP contribution in [-0.4, -0.2) is 46.1 Å². The molecule has 5 nitrogen and oxygen atoms in total. The van der Waals surface area contributed by atoms with Gasteiger partial charge in [-0.3, -0.25) is 4.79 Å². The SMILES string of the molecule is CC/C=C\C(O)C/C=C/C=C\C/C=C\C/C=C\CCCC(=O)N[C@@H](CO)[C@H](O)/C=C/CCCCCCCCCCCCC. The molecule has 0 heterocycles. The molecule has 0 aromatic heterocycles. The quantitative estimate of drug-likeness (QED) is 0.0392. The first-order valence-corrected chi connectivity index (χ1v) is 17.3. The minimum absolute atomic E-state index is 0.141. The van der Waals surface area contributed by atoms with Gasteiger partial charge in [-0.2, -0.15) is 0 Å². The maximum Gasteiger partial charge on any atom is 0.220 e. The molecule has 0 spiro atoms. The summed E-state index contributed by atoms with van der Waals surface area (Å²) in [5.74, 6) is -0.141. The fourth-order valence-electron chi connectivity index (χ4n) is 4.58. The Morgan fingerprint density at radius 3 is 1.88 bits per heavy atom. The van der Waals surface area contributed by atoms with Crippen molar-refractivity contribution in [1.82, 2.24) is 5.32 Å². The maximum atomic E-state index is 12.3. The Labute approximate surface area is 264 Å². The van der Waals surface area contributed by atoms with Crippen molar-refractivity contribution in [2.45, 2.75) is 154 Å². The van der Waals surface area contributed by atoms with Crippen molar-refractivity contribution in [1.29, 1.82) is 0 Å². The summed E-state index contributed by atoms with van der Waals surface area (Å²) in [6.45, 7) is 4.02. The largest absolute Gasteiger partial charge is 0.394 e. The van der Waals surface area contributed by atoms with E-state index in [2.05, 4.69) is 49.5 Å². The molecule has 0 aliphatic rings. The van der Waals surface area contributed by atoms with Gasteiger partial charge in [0.15, 0.2) is 0 Å². The molecule has 1 amide bonds. The highest BCUT2D eigenvalue weighted by molar-refractivity contribution is 5.76. The second kappa shape index (κ2) is 32.7. The predicted molar refractivity (Wildman–Crippen MR) is 185 cm³/mol. The molecule has 3 atom stereocenters. The van der Waals surface area contributed by atoms with Crippen molar-refractivity contribution in [2.24, 2.45) is 0 Å². The Balaban J connectivity index is 3.86. The van der Waals surface area contributed by atoms with Crippen molar-refractivity contribution in [3.8, 4) is 0 Å². The fraction of sp³-hybridized carbons (Fsp3) is 0.658. The Morgan fingerprint density at radius 2 is 1.23 bits per heavy atom. The number of rotatable bonds is 29. The van der Waals surface area contributed by atoms with Gasteiger partial charge >= 0.3 is 0 Å². The molecule has 0 aliphatic carbocycles. The molecular weight excluding hydrogens is 534 g/mol. The smallest absolute Gasteiger partial charge is 0.220 e. The van der Waals surface area contributed by atoms with Crippen molar-refractivity contribution in [3.63, 3.8) is 0 Å². The monoisotopic (exact) mass is 599 g/mol. The van der Waals surface area contributed by atoms with Gasteiger partial charge in [-0.25, -0.2) is 0 Å². The zero-order valence-corrected chi connectivity index (χ0v) is 27.6. The summed E-state index contributed by atoms with van der Waals surface area (Å²) in [6, 6.07) is -0.666. The Hall–Kier alpha value is -2.21. The first kappa shape index (κ1) is 40.8. The van der Waals surface area contributed by atoms with Gasteiger partial charge in [-0.1, -0.05) is 151 Å². The number of hydrogen-bond acceptors (Lipinski definition) is 4. The molecule has 0 bridgehead atoms. The van der Waals surface area contributed by atoms with E-state index >= 15 is 0 Å². The second-order valence-corrected chi connectivity index (χ2v) is 11.4. The Morgan fingerprint density at radius 1 is 0.651 bits per heavy atom. The Bertz CT molecular complexity index is 796. The van der Waals surface area contributed by atoms with Crippen LogP contribution >= 0.6 is 0 Å². The van der Waals surface area contributed by atoms with Crippen LogP contribution in [0.3, 0.4) is 0 Å². The highest BCUT2D eigenvalue weighted by atomic mass is 16.3. The molecule has 0 saturated carbocycles. The molecule has 5 heteroatoms. The number of hydrogen-bond donors (Lipinski definition) is 4. The van der Waals surface area contributed by atoms with E-state index in [1.54, 1.807) is 6.08 Å². The van der Waals surface area contributed by atoms with E-state index in [9.17, 15) is 20.1 Å². The van der Waals surface area contributed by atoms with Gasteiger partial charge in [-0.15, -0.1) is 0 Å². The first-order chi connectivity index (χ1) is 21.0. The summed E-state index contributed by atoms with van der Waals surface area (Å²) in [4.78, 5) is 12.3. The van der Waals surface area contributed by atoms with E-state index in [1.807, 2.05) is 36.5 Å². The van der Waals surface area contributed by atoms with Crippen LogP contribution in [0.5, 0.6) is 0 Å². The average molecular weight is 600 g/mol. The molecular formula is C38H65NO4. The lowest BCUT2D eigenvalue weighted by Crippen LogP contribution is -2.45. The topological polar surface area (TPSA) is 89.8 Å². The molecule has 0 aliphatic heterocycles. The van der Waals surface area contributed by atoms with E-state index in [0.29, 0.717) is 12.8 Å². The van der Waals surface area contributed by atoms with Gasteiger partial charge in [0.1, 0.15) is 0 Å². The number of nitrogens with one attached hydrogen (secondary N) is 1.